The molecule has 29 heavy (non-hydrogen) atoms. The van der Waals surface area contributed by atoms with E-state index in [1.807, 2.05) is 14.0 Å². The van der Waals surface area contributed by atoms with Crippen LogP contribution in [-0.2, 0) is 9.53 Å². The van der Waals surface area contributed by atoms with E-state index < -0.39 is 0 Å². The van der Waals surface area contributed by atoms with Crippen molar-refractivity contribution in [3.05, 3.63) is 35.9 Å². The van der Waals surface area contributed by atoms with Crippen molar-refractivity contribution >= 4 is 35.9 Å². The van der Waals surface area contributed by atoms with Gasteiger partial charge in [0.15, 0.2) is 5.96 Å². The van der Waals surface area contributed by atoms with Crippen LogP contribution >= 0.6 is 24.0 Å². The maximum atomic E-state index is 11.9. The van der Waals surface area contributed by atoms with E-state index in [9.17, 15) is 4.79 Å². The number of hydrogen-bond donors (Lipinski definition) is 1. The van der Waals surface area contributed by atoms with Gasteiger partial charge in [0, 0.05) is 26.7 Å². The lowest BCUT2D eigenvalue weighted by Gasteiger charge is -2.34. The van der Waals surface area contributed by atoms with Crippen LogP contribution in [0.1, 0.15) is 56.9 Å². The average Bonchev–Trinajstić information content (AvgIpc) is 2.76. The number of carbonyl (C=O) groups is 1. The Morgan fingerprint density at radius 2 is 1.76 bits per heavy atom. The Labute approximate surface area is 192 Å². The van der Waals surface area contributed by atoms with Crippen LogP contribution in [0.15, 0.2) is 35.3 Å². The number of nitrogens with one attached hydrogen (secondary N) is 1. The molecule has 0 unspecified atom stereocenters. The lowest BCUT2D eigenvalue weighted by Crippen LogP contribution is -2.47. The number of benzene rings is 1. The predicted octanol–water partition coefficient (Wildman–Crippen LogP) is 4.43. The van der Waals surface area contributed by atoms with E-state index in [2.05, 4.69) is 45.5 Å². The number of aliphatic imine (C=N–C) groups is 1. The zero-order valence-corrected chi connectivity index (χ0v) is 20.1. The molecule has 0 bridgehead atoms. The fourth-order valence-electron chi connectivity index (χ4n) is 4.58. The van der Waals surface area contributed by atoms with Crippen LogP contribution in [-0.4, -0.2) is 50.1 Å². The van der Waals surface area contributed by atoms with Crippen molar-refractivity contribution in [3.63, 3.8) is 0 Å². The van der Waals surface area contributed by atoms with Crippen LogP contribution in [0.25, 0.3) is 0 Å². The Morgan fingerprint density at radius 3 is 2.34 bits per heavy atom. The molecule has 1 heterocycles. The van der Waals surface area contributed by atoms with Crippen molar-refractivity contribution in [2.75, 3.05) is 33.3 Å². The molecule has 6 heteroatoms. The number of likely N-dealkylation sites (tertiary alicyclic amines) is 1. The van der Waals surface area contributed by atoms with Crippen LogP contribution in [0, 0.1) is 11.8 Å². The summed E-state index contributed by atoms with van der Waals surface area (Å²) in [5, 5.41) is 3.59. The van der Waals surface area contributed by atoms with Gasteiger partial charge >= 0.3 is 5.97 Å². The molecule has 3 rings (SSSR count). The Bertz CT molecular complexity index is 637. The first-order chi connectivity index (χ1) is 13.7. The van der Waals surface area contributed by atoms with Crippen molar-refractivity contribution in [1.29, 1.82) is 0 Å². The molecule has 0 atom stereocenters. The quantitative estimate of drug-likeness (QED) is 0.274. The third-order valence-electron chi connectivity index (χ3n) is 6.29. The van der Waals surface area contributed by atoms with Gasteiger partial charge in [-0.05, 0) is 62.8 Å². The molecule has 162 valence electrons. The summed E-state index contributed by atoms with van der Waals surface area (Å²) in [6.45, 7) is 5.06. The molecule has 5 nitrogen and oxygen atoms in total. The van der Waals surface area contributed by atoms with Crippen LogP contribution in [0.3, 0.4) is 0 Å². The lowest BCUT2D eigenvalue weighted by molar-refractivity contribution is -0.149. The van der Waals surface area contributed by atoms with Crippen LogP contribution in [0.5, 0.6) is 0 Å². The zero-order chi connectivity index (χ0) is 19.8. The molecule has 1 aromatic rings. The topological polar surface area (TPSA) is 53.9 Å². The lowest BCUT2D eigenvalue weighted by atomic mass is 9.79. The van der Waals surface area contributed by atoms with Crippen molar-refractivity contribution in [3.8, 4) is 0 Å². The maximum Gasteiger partial charge on any atom is 0.309 e. The summed E-state index contributed by atoms with van der Waals surface area (Å²) in [4.78, 5) is 18.7. The number of rotatable bonds is 5. The number of piperidine rings is 1. The van der Waals surface area contributed by atoms with Crippen molar-refractivity contribution in [1.82, 2.24) is 10.2 Å². The van der Waals surface area contributed by atoms with Crippen molar-refractivity contribution in [2.24, 2.45) is 16.8 Å². The molecule has 0 radical (unpaired) electrons. The zero-order valence-electron chi connectivity index (χ0n) is 17.8. The van der Waals surface area contributed by atoms with E-state index in [4.69, 9.17) is 4.74 Å². The first kappa shape index (κ1) is 24.0. The third kappa shape index (κ3) is 6.86. The summed E-state index contributed by atoms with van der Waals surface area (Å²) in [7, 11) is 1.85. The van der Waals surface area contributed by atoms with Gasteiger partial charge in [0.05, 0.1) is 12.5 Å². The van der Waals surface area contributed by atoms with Gasteiger partial charge in [-0.3, -0.25) is 9.79 Å². The standard InChI is InChI=1S/C23H35N3O2.HI/c1-3-28-22(27)21-13-15-26(16-14-21)23(24-2)25-17-18-9-11-20(12-10-18)19-7-5-4-6-8-19;/h4-8,18,20-21H,3,9-17H2,1-2H3,(H,24,25);1H. The SMILES string of the molecule is CCOC(=O)C1CCN(C(=NC)NCC2CCC(c3ccccc3)CC2)CC1.I. The number of guanidine groups is 1. The van der Waals surface area contributed by atoms with Crippen LogP contribution in [0.2, 0.25) is 0 Å². The van der Waals surface area contributed by atoms with Crippen LogP contribution in [0.4, 0.5) is 0 Å². The molecule has 1 N–H and O–H groups in total. The maximum absolute atomic E-state index is 11.9. The van der Waals surface area contributed by atoms with Gasteiger partial charge in [0.1, 0.15) is 0 Å². The summed E-state index contributed by atoms with van der Waals surface area (Å²) in [6.07, 6.45) is 6.80. The Hall–Kier alpha value is -1.31. The summed E-state index contributed by atoms with van der Waals surface area (Å²) in [5.74, 6) is 2.42. The molecule has 0 amide bonds. The van der Waals surface area contributed by atoms with Gasteiger partial charge in [-0.2, -0.15) is 0 Å². The summed E-state index contributed by atoms with van der Waals surface area (Å²) >= 11 is 0. The molecule has 1 aliphatic heterocycles. The molecular formula is C23H36IN3O2. The van der Waals surface area contributed by atoms with Gasteiger partial charge < -0.3 is 15.0 Å². The second kappa shape index (κ2) is 12.4. The summed E-state index contributed by atoms with van der Waals surface area (Å²) < 4.78 is 5.17. The Morgan fingerprint density at radius 1 is 1.10 bits per heavy atom. The molecule has 0 spiro atoms. The molecular weight excluding hydrogens is 477 g/mol. The van der Waals surface area contributed by atoms with Gasteiger partial charge in [-0.15, -0.1) is 24.0 Å². The highest BCUT2D eigenvalue weighted by molar-refractivity contribution is 14.0. The highest BCUT2D eigenvalue weighted by Gasteiger charge is 2.28. The normalized spacial score (nSPS) is 23.2. The van der Waals surface area contributed by atoms with E-state index in [0.717, 1.165) is 44.4 Å². The average molecular weight is 513 g/mol. The fourth-order valence-corrected chi connectivity index (χ4v) is 4.58. The van der Waals surface area contributed by atoms with Crippen molar-refractivity contribution in [2.45, 2.75) is 51.4 Å². The second-order valence-corrected chi connectivity index (χ2v) is 8.07. The molecule has 1 aromatic carbocycles. The molecule has 1 aliphatic carbocycles. The van der Waals surface area contributed by atoms with E-state index >= 15 is 0 Å². The van der Waals surface area contributed by atoms with Gasteiger partial charge in [-0.1, -0.05) is 30.3 Å². The number of halogens is 1. The minimum atomic E-state index is -0.0414. The largest absolute Gasteiger partial charge is 0.466 e. The number of esters is 1. The number of ether oxygens (including phenoxy) is 1. The molecule has 2 fully saturated rings. The number of hydrogen-bond acceptors (Lipinski definition) is 3. The Kier molecular flexibility index (Phi) is 10.2. The van der Waals surface area contributed by atoms with E-state index in [1.54, 1.807) is 0 Å². The van der Waals surface area contributed by atoms with Crippen molar-refractivity contribution < 1.29 is 9.53 Å². The molecule has 1 saturated heterocycles. The first-order valence-corrected chi connectivity index (χ1v) is 10.9. The second-order valence-electron chi connectivity index (χ2n) is 8.07. The fraction of sp³-hybridized carbons (Fsp3) is 0.652. The van der Waals surface area contributed by atoms with Gasteiger partial charge in [0.25, 0.3) is 0 Å². The van der Waals surface area contributed by atoms with Crippen LogP contribution < -0.4 is 5.32 Å². The highest BCUT2D eigenvalue weighted by Crippen LogP contribution is 2.35. The molecule has 1 saturated carbocycles. The highest BCUT2D eigenvalue weighted by atomic mass is 127. The predicted molar refractivity (Wildman–Crippen MR) is 129 cm³/mol. The Balaban J connectivity index is 0.00000300. The van der Waals surface area contributed by atoms with E-state index in [0.29, 0.717) is 12.5 Å². The van der Waals surface area contributed by atoms with E-state index in [1.165, 1.54) is 31.2 Å². The smallest absolute Gasteiger partial charge is 0.309 e. The molecule has 0 aromatic heterocycles. The monoisotopic (exact) mass is 513 g/mol. The molecule has 2 aliphatic rings. The van der Waals surface area contributed by atoms with E-state index in [-0.39, 0.29) is 35.9 Å². The number of nitrogens with zero attached hydrogens (tertiary/aromatic N) is 2. The minimum Gasteiger partial charge on any atom is -0.466 e. The van der Waals surface area contributed by atoms with Gasteiger partial charge in [0.2, 0.25) is 0 Å². The van der Waals surface area contributed by atoms with Gasteiger partial charge in [-0.25, -0.2) is 0 Å². The number of carbonyl (C=O) groups excluding carboxylic acids is 1. The minimum absolute atomic E-state index is 0. The summed E-state index contributed by atoms with van der Waals surface area (Å²) in [5.41, 5.74) is 1.49. The third-order valence-corrected chi connectivity index (χ3v) is 6.29. The summed E-state index contributed by atoms with van der Waals surface area (Å²) in [6, 6.07) is 10.9. The first-order valence-electron chi connectivity index (χ1n) is 10.9.